The molecule has 1 aromatic rings. The zero-order valence-electron chi connectivity index (χ0n) is 16.3. The molecule has 5 heteroatoms. The maximum atomic E-state index is 12.4. The molecule has 0 bridgehead atoms. The third kappa shape index (κ3) is 5.48. The fraction of sp³-hybridized carbons (Fsp3) is 0.571. The normalized spacial score (nSPS) is 16.1. The van der Waals surface area contributed by atoms with E-state index in [4.69, 9.17) is 11.2 Å². The number of ether oxygens (including phenoxy) is 1. The van der Waals surface area contributed by atoms with Crippen molar-refractivity contribution in [2.75, 3.05) is 39.8 Å². The minimum absolute atomic E-state index is 0.0234. The molecule has 5 nitrogen and oxygen atoms in total. The van der Waals surface area contributed by atoms with Gasteiger partial charge in [-0.05, 0) is 30.5 Å². The highest BCUT2D eigenvalue weighted by atomic mass is 16.5. The lowest BCUT2D eigenvalue weighted by atomic mass is 9.94. The molecule has 26 heavy (non-hydrogen) atoms. The summed E-state index contributed by atoms with van der Waals surface area (Å²) in [4.78, 5) is 17.0. The molecular formula is C21H31N3O2. The van der Waals surface area contributed by atoms with Crippen molar-refractivity contribution in [2.45, 2.75) is 38.8 Å². The molecule has 1 amide bonds. The number of rotatable bonds is 8. The summed E-state index contributed by atoms with van der Waals surface area (Å²) in [6.45, 7) is 9.08. The molecule has 2 rings (SSSR count). The second-order valence-electron chi connectivity index (χ2n) is 6.88. The smallest absolute Gasteiger partial charge is 0.235 e. The van der Waals surface area contributed by atoms with Crippen LogP contribution in [0.15, 0.2) is 24.3 Å². The number of nitrogens with one attached hydrogen (secondary N) is 1. The molecule has 0 aliphatic carbocycles. The Hall–Kier alpha value is -2.03. The van der Waals surface area contributed by atoms with E-state index in [1.54, 1.807) is 7.11 Å². The average Bonchev–Trinajstić information content (AvgIpc) is 2.68. The third-order valence-corrected chi connectivity index (χ3v) is 5.26. The van der Waals surface area contributed by atoms with E-state index >= 15 is 0 Å². The number of benzene rings is 1. The van der Waals surface area contributed by atoms with Crippen LogP contribution in [0, 0.1) is 12.3 Å². The summed E-state index contributed by atoms with van der Waals surface area (Å²) >= 11 is 0. The van der Waals surface area contributed by atoms with Crippen molar-refractivity contribution in [1.82, 2.24) is 15.1 Å². The second-order valence-corrected chi connectivity index (χ2v) is 6.88. The summed E-state index contributed by atoms with van der Waals surface area (Å²) in [6, 6.07) is 8.20. The van der Waals surface area contributed by atoms with Crippen molar-refractivity contribution >= 4 is 5.91 Å². The number of piperazine rings is 1. The molecular weight excluding hydrogens is 326 g/mol. The van der Waals surface area contributed by atoms with Crippen LogP contribution in [0.3, 0.4) is 0 Å². The van der Waals surface area contributed by atoms with Gasteiger partial charge in [-0.3, -0.25) is 14.6 Å². The van der Waals surface area contributed by atoms with Gasteiger partial charge in [-0.25, -0.2) is 0 Å². The number of carbonyl (C=O) groups is 1. The Balaban J connectivity index is 1.77. The molecule has 0 unspecified atom stereocenters. The predicted octanol–water partition coefficient (Wildman–Crippen LogP) is 2.12. The molecule has 0 saturated carbocycles. The van der Waals surface area contributed by atoms with E-state index in [1.165, 1.54) is 5.56 Å². The Kier molecular flexibility index (Phi) is 7.50. The van der Waals surface area contributed by atoms with Crippen LogP contribution < -0.4 is 10.1 Å². The highest BCUT2D eigenvalue weighted by Crippen LogP contribution is 2.15. The summed E-state index contributed by atoms with van der Waals surface area (Å²) in [5.41, 5.74) is 0.773. The summed E-state index contributed by atoms with van der Waals surface area (Å²) < 4.78 is 5.20. The highest BCUT2D eigenvalue weighted by Gasteiger charge is 2.27. The van der Waals surface area contributed by atoms with E-state index in [1.807, 2.05) is 26.0 Å². The number of nitrogens with zero attached hydrogens (tertiary/aromatic N) is 2. The second kappa shape index (κ2) is 9.61. The van der Waals surface area contributed by atoms with Crippen LogP contribution in [0.2, 0.25) is 0 Å². The number of hydrogen-bond acceptors (Lipinski definition) is 4. The lowest BCUT2D eigenvalue weighted by molar-refractivity contribution is -0.124. The molecule has 1 fully saturated rings. The van der Waals surface area contributed by atoms with Gasteiger partial charge in [0.2, 0.25) is 5.91 Å². The molecule has 1 N–H and O–H groups in total. The molecule has 0 spiro atoms. The first kappa shape index (κ1) is 20.3. The minimum atomic E-state index is -0.507. The van der Waals surface area contributed by atoms with Crippen LogP contribution in [-0.4, -0.2) is 61.1 Å². The van der Waals surface area contributed by atoms with Crippen molar-refractivity contribution in [2.24, 2.45) is 0 Å². The lowest BCUT2D eigenvalue weighted by Gasteiger charge is -2.35. The van der Waals surface area contributed by atoms with Gasteiger partial charge in [0.1, 0.15) is 11.3 Å². The largest absolute Gasteiger partial charge is 0.497 e. The van der Waals surface area contributed by atoms with E-state index in [2.05, 4.69) is 33.2 Å². The summed E-state index contributed by atoms with van der Waals surface area (Å²) in [5, 5.41) is 3.05. The van der Waals surface area contributed by atoms with Crippen LogP contribution in [0.25, 0.3) is 0 Å². The molecule has 1 aliphatic heterocycles. The summed E-state index contributed by atoms with van der Waals surface area (Å²) in [7, 11) is 1.68. The predicted molar refractivity (Wildman–Crippen MR) is 105 cm³/mol. The van der Waals surface area contributed by atoms with Crippen LogP contribution >= 0.6 is 0 Å². The first-order valence-electron chi connectivity index (χ1n) is 9.40. The first-order chi connectivity index (χ1) is 12.5. The van der Waals surface area contributed by atoms with Crippen LogP contribution in [-0.2, 0) is 11.3 Å². The number of carbonyl (C=O) groups excluding carboxylic acids is 1. The zero-order valence-corrected chi connectivity index (χ0v) is 16.3. The van der Waals surface area contributed by atoms with Gasteiger partial charge >= 0.3 is 0 Å². The topological polar surface area (TPSA) is 44.8 Å². The minimum Gasteiger partial charge on any atom is -0.497 e. The number of methoxy groups -OCH3 is 1. The molecule has 142 valence electrons. The van der Waals surface area contributed by atoms with E-state index in [9.17, 15) is 4.79 Å². The molecule has 1 saturated heterocycles. The van der Waals surface area contributed by atoms with E-state index in [0.717, 1.165) is 51.3 Å². The number of amides is 1. The lowest BCUT2D eigenvalue weighted by Crippen LogP contribution is -2.53. The monoisotopic (exact) mass is 357 g/mol. The number of terminal acetylenes is 1. The molecule has 1 heterocycles. The van der Waals surface area contributed by atoms with Gasteiger partial charge in [0, 0.05) is 32.7 Å². The van der Waals surface area contributed by atoms with Gasteiger partial charge in [0.05, 0.1) is 13.7 Å². The Morgan fingerprint density at radius 1 is 1.15 bits per heavy atom. The summed E-state index contributed by atoms with van der Waals surface area (Å²) in [6.07, 6.45) is 7.13. The third-order valence-electron chi connectivity index (χ3n) is 5.26. The van der Waals surface area contributed by atoms with Gasteiger partial charge in [0.25, 0.3) is 0 Å². The Bertz CT molecular complexity index is 609. The standard InChI is InChI=1S/C21H31N3O2/c1-5-21(6-2,7-3)22-20(25)17-24-14-12-23(13-15-24)16-18-8-10-19(26-4)11-9-18/h1,8-11H,6-7,12-17H2,2-4H3,(H,22,25). The Morgan fingerprint density at radius 3 is 2.23 bits per heavy atom. The van der Waals surface area contributed by atoms with Crippen molar-refractivity contribution in [3.63, 3.8) is 0 Å². The fourth-order valence-electron chi connectivity index (χ4n) is 3.27. The fourth-order valence-corrected chi connectivity index (χ4v) is 3.27. The van der Waals surface area contributed by atoms with Crippen molar-refractivity contribution < 1.29 is 9.53 Å². The van der Waals surface area contributed by atoms with Gasteiger partial charge < -0.3 is 10.1 Å². The number of hydrogen-bond donors (Lipinski definition) is 1. The maximum absolute atomic E-state index is 12.4. The Labute approximate surface area is 157 Å². The van der Waals surface area contributed by atoms with Crippen LogP contribution in [0.5, 0.6) is 5.75 Å². The van der Waals surface area contributed by atoms with E-state index in [-0.39, 0.29) is 5.91 Å². The van der Waals surface area contributed by atoms with Crippen LogP contribution in [0.1, 0.15) is 32.3 Å². The van der Waals surface area contributed by atoms with Crippen molar-refractivity contribution in [3.05, 3.63) is 29.8 Å². The molecule has 0 radical (unpaired) electrons. The average molecular weight is 357 g/mol. The van der Waals surface area contributed by atoms with Gasteiger partial charge in [0.15, 0.2) is 0 Å². The van der Waals surface area contributed by atoms with E-state index < -0.39 is 5.54 Å². The molecule has 1 aliphatic rings. The quantitative estimate of drug-likeness (QED) is 0.724. The molecule has 1 aromatic carbocycles. The van der Waals surface area contributed by atoms with E-state index in [0.29, 0.717) is 6.54 Å². The van der Waals surface area contributed by atoms with Crippen molar-refractivity contribution in [1.29, 1.82) is 0 Å². The zero-order chi connectivity index (χ0) is 19.0. The molecule has 0 aromatic heterocycles. The van der Waals surface area contributed by atoms with Gasteiger partial charge in [-0.1, -0.05) is 31.9 Å². The van der Waals surface area contributed by atoms with Gasteiger partial charge in [-0.2, -0.15) is 0 Å². The highest BCUT2D eigenvalue weighted by molar-refractivity contribution is 5.79. The maximum Gasteiger partial charge on any atom is 0.235 e. The summed E-state index contributed by atoms with van der Waals surface area (Å²) in [5.74, 6) is 3.66. The van der Waals surface area contributed by atoms with Crippen LogP contribution in [0.4, 0.5) is 0 Å². The Morgan fingerprint density at radius 2 is 1.73 bits per heavy atom. The molecule has 0 atom stereocenters. The first-order valence-corrected chi connectivity index (χ1v) is 9.40. The van der Waals surface area contributed by atoms with Gasteiger partial charge in [-0.15, -0.1) is 6.42 Å². The SMILES string of the molecule is C#CC(CC)(CC)NC(=O)CN1CCN(Cc2ccc(OC)cc2)CC1. The van der Waals surface area contributed by atoms with Crippen molar-refractivity contribution in [3.8, 4) is 18.1 Å².